The molecule has 7 nitrogen and oxygen atoms in total. The van der Waals surface area contributed by atoms with Gasteiger partial charge in [0.05, 0.1) is 4.92 Å². The van der Waals surface area contributed by atoms with Gasteiger partial charge in [0, 0.05) is 17.2 Å². The Kier molecular flexibility index (Phi) is 3.91. The summed E-state index contributed by atoms with van der Waals surface area (Å²) in [6.45, 7) is 0. The van der Waals surface area contributed by atoms with Gasteiger partial charge in [0.1, 0.15) is 6.33 Å². The molecule has 2 rings (SSSR count). The molecule has 0 fully saturated rings. The van der Waals surface area contributed by atoms with Crippen molar-refractivity contribution in [3.63, 3.8) is 0 Å². The van der Waals surface area contributed by atoms with Crippen molar-refractivity contribution in [2.75, 3.05) is 17.7 Å². The molecule has 1 heterocycles. The fraction of sp³-hybridized carbons (Fsp3) is 0.0909. The molecule has 0 bridgehead atoms. The van der Waals surface area contributed by atoms with Crippen molar-refractivity contribution in [2.24, 2.45) is 0 Å². The average Bonchev–Trinajstić information content (AvgIpc) is 2.40. The van der Waals surface area contributed by atoms with Crippen LogP contribution in [0.4, 0.5) is 23.0 Å². The minimum Gasteiger partial charge on any atom is -0.367 e. The van der Waals surface area contributed by atoms with Crippen LogP contribution in [-0.2, 0) is 0 Å². The zero-order valence-corrected chi connectivity index (χ0v) is 11.5. The van der Waals surface area contributed by atoms with Crippen molar-refractivity contribution in [2.45, 2.75) is 0 Å². The zero-order valence-electron chi connectivity index (χ0n) is 9.92. The average molecular weight is 324 g/mol. The molecule has 8 heteroatoms. The van der Waals surface area contributed by atoms with Crippen molar-refractivity contribution >= 4 is 38.9 Å². The zero-order chi connectivity index (χ0) is 13.8. The van der Waals surface area contributed by atoms with E-state index in [0.717, 1.165) is 4.47 Å². The molecule has 0 amide bonds. The minimum absolute atomic E-state index is 0.145. The van der Waals surface area contributed by atoms with Gasteiger partial charge in [0.2, 0.25) is 11.6 Å². The Morgan fingerprint density at radius 3 is 2.42 bits per heavy atom. The van der Waals surface area contributed by atoms with Gasteiger partial charge in [-0.05, 0) is 24.3 Å². The number of halogens is 1. The molecular formula is C11H10BrN5O2. The molecule has 1 aromatic carbocycles. The molecule has 2 aromatic rings. The van der Waals surface area contributed by atoms with Crippen molar-refractivity contribution in [1.82, 2.24) is 9.97 Å². The largest absolute Gasteiger partial charge is 0.367 e. The van der Waals surface area contributed by atoms with Crippen LogP contribution in [0.15, 0.2) is 35.1 Å². The first-order valence-electron chi connectivity index (χ1n) is 5.31. The van der Waals surface area contributed by atoms with Crippen LogP contribution in [0, 0.1) is 10.1 Å². The summed E-state index contributed by atoms with van der Waals surface area (Å²) in [6, 6.07) is 7.23. The van der Waals surface area contributed by atoms with E-state index in [-0.39, 0.29) is 17.3 Å². The van der Waals surface area contributed by atoms with Crippen LogP contribution in [-0.4, -0.2) is 21.9 Å². The van der Waals surface area contributed by atoms with E-state index in [1.54, 1.807) is 19.2 Å². The van der Waals surface area contributed by atoms with Crippen molar-refractivity contribution in [1.29, 1.82) is 0 Å². The summed E-state index contributed by atoms with van der Waals surface area (Å²) in [5.74, 6) is 0.311. The van der Waals surface area contributed by atoms with Crippen LogP contribution in [0.1, 0.15) is 0 Å². The molecule has 0 saturated carbocycles. The van der Waals surface area contributed by atoms with Crippen LogP contribution in [0.3, 0.4) is 0 Å². The third kappa shape index (κ3) is 2.97. The fourth-order valence-corrected chi connectivity index (χ4v) is 1.76. The summed E-state index contributed by atoms with van der Waals surface area (Å²) in [5, 5.41) is 16.7. The van der Waals surface area contributed by atoms with Gasteiger partial charge in [-0.3, -0.25) is 10.1 Å². The van der Waals surface area contributed by atoms with Gasteiger partial charge >= 0.3 is 5.69 Å². The maximum absolute atomic E-state index is 11.1. The number of rotatable bonds is 4. The van der Waals surface area contributed by atoms with E-state index in [2.05, 4.69) is 36.5 Å². The van der Waals surface area contributed by atoms with Crippen LogP contribution in [0.2, 0.25) is 0 Å². The molecule has 0 spiro atoms. The molecule has 0 aliphatic heterocycles. The molecule has 0 unspecified atom stereocenters. The van der Waals surface area contributed by atoms with Crippen molar-refractivity contribution < 1.29 is 4.92 Å². The molecule has 0 aliphatic carbocycles. The van der Waals surface area contributed by atoms with E-state index in [9.17, 15) is 10.1 Å². The second kappa shape index (κ2) is 5.61. The van der Waals surface area contributed by atoms with E-state index < -0.39 is 4.92 Å². The quantitative estimate of drug-likeness (QED) is 0.663. The predicted molar refractivity (Wildman–Crippen MR) is 75.7 cm³/mol. The topological polar surface area (TPSA) is 93.0 Å². The Labute approximate surface area is 117 Å². The van der Waals surface area contributed by atoms with E-state index in [1.165, 1.54) is 6.33 Å². The van der Waals surface area contributed by atoms with Gasteiger partial charge < -0.3 is 10.6 Å². The lowest BCUT2D eigenvalue weighted by Crippen LogP contribution is -2.05. The first-order valence-corrected chi connectivity index (χ1v) is 6.11. The lowest BCUT2D eigenvalue weighted by Gasteiger charge is -2.08. The summed E-state index contributed by atoms with van der Waals surface area (Å²) in [4.78, 5) is 18.3. The Morgan fingerprint density at radius 1 is 1.21 bits per heavy atom. The lowest BCUT2D eigenvalue weighted by atomic mass is 10.3. The number of nitro groups is 1. The van der Waals surface area contributed by atoms with E-state index in [1.807, 2.05) is 12.1 Å². The Morgan fingerprint density at radius 2 is 1.84 bits per heavy atom. The summed E-state index contributed by atoms with van der Waals surface area (Å²) in [5.41, 5.74) is 0.514. The van der Waals surface area contributed by atoms with Gasteiger partial charge in [-0.25, -0.2) is 9.97 Å². The smallest absolute Gasteiger partial charge is 0.353 e. The molecule has 0 saturated heterocycles. The number of aromatic nitrogens is 2. The highest BCUT2D eigenvalue weighted by Crippen LogP contribution is 2.30. The first kappa shape index (κ1) is 13.2. The molecule has 98 valence electrons. The van der Waals surface area contributed by atoms with Crippen molar-refractivity contribution in [3.8, 4) is 0 Å². The third-order valence-electron chi connectivity index (χ3n) is 2.35. The van der Waals surface area contributed by atoms with Crippen LogP contribution in [0.5, 0.6) is 0 Å². The summed E-state index contributed by atoms with van der Waals surface area (Å²) >= 11 is 3.32. The highest BCUT2D eigenvalue weighted by molar-refractivity contribution is 9.10. The van der Waals surface area contributed by atoms with Gasteiger partial charge in [0.15, 0.2) is 0 Å². The number of hydrogen-bond donors (Lipinski definition) is 2. The second-order valence-electron chi connectivity index (χ2n) is 3.56. The summed E-state index contributed by atoms with van der Waals surface area (Å²) < 4.78 is 0.922. The highest BCUT2D eigenvalue weighted by Gasteiger charge is 2.22. The maximum atomic E-state index is 11.1. The van der Waals surface area contributed by atoms with E-state index in [4.69, 9.17) is 0 Å². The first-order chi connectivity index (χ1) is 9.11. The standard InChI is InChI=1S/C11H10BrN5O2/c1-13-10-9(17(18)19)11(15-6-14-10)16-8-4-2-7(12)3-5-8/h2-6H,1H3,(H2,13,14,15,16). The Balaban J connectivity index is 2.39. The maximum Gasteiger partial charge on any atom is 0.353 e. The molecule has 1 aromatic heterocycles. The fourth-order valence-electron chi connectivity index (χ4n) is 1.50. The third-order valence-corrected chi connectivity index (χ3v) is 2.88. The Hall–Kier alpha value is -2.22. The number of nitrogens with zero attached hydrogens (tertiary/aromatic N) is 3. The summed E-state index contributed by atoms with van der Waals surface area (Å²) in [6.07, 6.45) is 1.26. The predicted octanol–water partition coefficient (Wildman–Crippen LogP) is 2.93. The monoisotopic (exact) mass is 323 g/mol. The minimum atomic E-state index is -0.521. The molecule has 2 N–H and O–H groups in total. The number of hydrogen-bond acceptors (Lipinski definition) is 6. The molecule has 19 heavy (non-hydrogen) atoms. The lowest BCUT2D eigenvalue weighted by molar-refractivity contribution is -0.383. The second-order valence-corrected chi connectivity index (χ2v) is 4.47. The van der Waals surface area contributed by atoms with Crippen molar-refractivity contribution in [3.05, 3.63) is 45.2 Å². The molecule has 0 aliphatic rings. The van der Waals surface area contributed by atoms with Gasteiger partial charge in [-0.15, -0.1) is 0 Å². The van der Waals surface area contributed by atoms with E-state index in [0.29, 0.717) is 5.69 Å². The van der Waals surface area contributed by atoms with Gasteiger partial charge in [-0.1, -0.05) is 15.9 Å². The van der Waals surface area contributed by atoms with Gasteiger partial charge in [0.25, 0.3) is 0 Å². The van der Waals surface area contributed by atoms with Crippen LogP contribution in [0.25, 0.3) is 0 Å². The van der Waals surface area contributed by atoms with E-state index >= 15 is 0 Å². The Bertz CT molecular complexity index is 603. The van der Waals surface area contributed by atoms with Crippen LogP contribution < -0.4 is 10.6 Å². The molecule has 0 atom stereocenters. The highest BCUT2D eigenvalue weighted by atomic mass is 79.9. The molecule has 0 radical (unpaired) electrons. The van der Waals surface area contributed by atoms with Crippen LogP contribution >= 0.6 is 15.9 Å². The number of anilines is 3. The number of nitrogens with one attached hydrogen (secondary N) is 2. The molecular weight excluding hydrogens is 314 g/mol. The van der Waals surface area contributed by atoms with Gasteiger partial charge in [-0.2, -0.15) is 0 Å². The summed E-state index contributed by atoms with van der Waals surface area (Å²) in [7, 11) is 1.57. The SMILES string of the molecule is CNc1ncnc(Nc2ccc(Br)cc2)c1[N+](=O)[O-]. The number of benzene rings is 1. The normalized spacial score (nSPS) is 10.0.